The van der Waals surface area contributed by atoms with E-state index in [4.69, 9.17) is 4.74 Å². The predicted octanol–water partition coefficient (Wildman–Crippen LogP) is 3.90. The highest BCUT2D eigenvalue weighted by Gasteiger charge is 2.29. The predicted molar refractivity (Wildman–Crippen MR) is 100 cm³/mol. The SMILES string of the molecule is COc1ccc(CN(C)CN2C(=O)c3cccc4cccc2c34)cc1. The van der Waals surface area contributed by atoms with Crippen LogP contribution in [0, 0.1) is 0 Å². The standard InChI is InChI=1S/C21H20N2O2/c1-22(13-15-9-11-17(25-2)12-10-15)14-23-19-8-4-6-16-5-3-7-18(20(16)19)21(23)24/h3-12H,13-14H2,1-2H3. The molecule has 0 unspecified atom stereocenters. The molecule has 0 radical (unpaired) electrons. The molecule has 3 aromatic carbocycles. The molecule has 0 aromatic heterocycles. The van der Waals surface area contributed by atoms with Crippen LogP contribution in [-0.2, 0) is 6.54 Å². The van der Waals surface area contributed by atoms with E-state index in [0.29, 0.717) is 6.67 Å². The first-order chi connectivity index (χ1) is 12.2. The Kier molecular flexibility index (Phi) is 3.90. The fraction of sp³-hybridized carbons (Fsp3) is 0.190. The number of nitrogens with zero attached hydrogens (tertiary/aromatic N) is 2. The summed E-state index contributed by atoms with van der Waals surface area (Å²) in [6.45, 7) is 1.32. The lowest BCUT2D eigenvalue weighted by molar-refractivity contribution is 0.0977. The summed E-state index contributed by atoms with van der Waals surface area (Å²) in [5.74, 6) is 0.927. The van der Waals surface area contributed by atoms with Crippen molar-refractivity contribution in [2.45, 2.75) is 6.54 Å². The van der Waals surface area contributed by atoms with Crippen molar-refractivity contribution < 1.29 is 9.53 Å². The third kappa shape index (κ3) is 2.75. The number of methoxy groups -OCH3 is 1. The van der Waals surface area contributed by atoms with Gasteiger partial charge in [-0.2, -0.15) is 0 Å². The highest BCUT2D eigenvalue weighted by atomic mass is 16.5. The number of anilines is 1. The number of amides is 1. The molecule has 0 atom stereocenters. The zero-order chi connectivity index (χ0) is 17.4. The van der Waals surface area contributed by atoms with E-state index in [-0.39, 0.29) is 5.91 Å². The largest absolute Gasteiger partial charge is 0.497 e. The van der Waals surface area contributed by atoms with Crippen molar-refractivity contribution in [1.82, 2.24) is 4.90 Å². The summed E-state index contributed by atoms with van der Waals surface area (Å²) in [5, 5.41) is 2.18. The minimum Gasteiger partial charge on any atom is -0.497 e. The van der Waals surface area contributed by atoms with Crippen LogP contribution in [-0.4, -0.2) is 31.6 Å². The van der Waals surface area contributed by atoms with Crippen molar-refractivity contribution in [3.63, 3.8) is 0 Å². The molecule has 1 aliphatic heterocycles. The molecule has 0 bridgehead atoms. The van der Waals surface area contributed by atoms with Crippen molar-refractivity contribution in [3.05, 3.63) is 71.8 Å². The van der Waals surface area contributed by atoms with Crippen LogP contribution in [0.15, 0.2) is 60.7 Å². The van der Waals surface area contributed by atoms with Gasteiger partial charge in [0, 0.05) is 17.5 Å². The van der Waals surface area contributed by atoms with Crippen LogP contribution in [0.2, 0.25) is 0 Å². The first kappa shape index (κ1) is 15.7. The number of hydrogen-bond donors (Lipinski definition) is 0. The van der Waals surface area contributed by atoms with E-state index in [1.165, 1.54) is 5.56 Å². The zero-order valence-electron chi connectivity index (χ0n) is 14.4. The van der Waals surface area contributed by atoms with Crippen LogP contribution >= 0.6 is 0 Å². The fourth-order valence-corrected chi connectivity index (χ4v) is 3.45. The summed E-state index contributed by atoms with van der Waals surface area (Å²) in [6, 6.07) is 20.0. The van der Waals surface area contributed by atoms with Crippen molar-refractivity contribution in [3.8, 4) is 5.75 Å². The molecule has 3 aromatic rings. The molecule has 1 amide bonds. The summed E-state index contributed by atoms with van der Waals surface area (Å²) >= 11 is 0. The van der Waals surface area contributed by atoms with E-state index >= 15 is 0 Å². The molecule has 1 aliphatic rings. The quantitative estimate of drug-likeness (QED) is 0.710. The average Bonchev–Trinajstić information content (AvgIpc) is 2.90. The molecule has 1 heterocycles. The molecule has 0 saturated carbocycles. The van der Waals surface area contributed by atoms with E-state index in [2.05, 4.69) is 29.2 Å². The van der Waals surface area contributed by atoms with Gasteiger partial charge in [-0.3, -0.25) is 14.6 Å². The van der Waals surface area contributed by atoms with Gasteiger partial charge in [-0.05, 0) is 42.3 Å². The number of benzene rings is 3. The Balaban J connectivity index is 1.55. The minimum atomic E-state index is 0.0772. The van der Waals surface area contributed by atoms with E-state index in [1.54, 1.807) is 7.11 Å². The first-order valence-electron chi connectivity index (χ1n) is 8.32. The summed E-state index contributed by atoms with van der Waals surface area (Å²) < 4.78 is 5.20. The normalized spacial score (nSPS) is 13.1. The van der Waals surface area contributed by atoms with Crippen molar-refractivity contribution in [2.75, 3.05) is 25.7 Å². The molecule has 0 fully saturated rings. The van der Waals surface area contributed by atoms with Crippen LogP contribution in [0.4, 0.5) is 5.69 Å². The Bertz CT molecular complexity index is 929. The Morgan fingerprint density at radius 3 is 2.44 bits per heavy atom. The van der Waals surface area contributed by atoms with Crippen molar-refractivity contribution in [1.29, 1.82) is 0 Å². The lowest BCUT2D eigenvalue weighted by Crippen LogP contribution is -2.37. The molecule has 0 spiro atoms. The molecular formula is C21H20N2O2. The molecular weight excluding hydrogens is 312 g/mol. The lowest BCUT2D eigenvalue weighted by Gasteiger charge is -2.25. The van der Waals surface area contributed by atoms with E-state index in [1.807, 2.05) is 48.3 Å². The smallest absolute Gasteiger partial charge is 0.260 e. The maximum atomic E-state index is 12.8. The van der Waals surface area contributed by atoms with Crippen LogP contribution in [0.25, 0.3) is 10.8 Å². The Morgan fingerprint density at radius 2 is 1.72 bits per heavy atom. The van der Waals surface area contributed by atoms with E-state index < -0.39 is 0 Å². The van der Waals surface area contributed by atoms with Gasteiger partial charge in [0.2, 0.25) is 0 Å². The zero-order valence-corrected chi connectivity index (χ0v) is 14.4. The van der Waals surface area contributed by atoms with Crippen LogP contribution < -0.4 is 9.64 Å². The van der Waals surface area contributed by atoms with Gasteiger partial charge in [0.25, 0.3) is 5.91 Å². The maximum Gasteiger partial charge on any atom is 0.260 e. The van der Waals surface area contributed by atoms with Gasteiger partial charge in [0.05, 0.1) is 19.5 Å². The number of carbonyl (C=O) groups excluding carboxylic acids is 1. The monoisotopic (exact) mass is 332 g/mol. The molecule has 4 rings (SSSR count). The van der Waals surface area contributed by atoms with Gasteiger partial charge in [0.1, 0.15) is 5.75 Å². The topological polar surface area (TPSA) is 32.8 Å². The van der Waals surface area contributed by atoms with Crippen LogP contribution in [0.3, 0.4) is 0 Å². The number of rotatable bonds is 5. The van der Waals surface area contributed by atoms with Crippen LogP contribution in [0.5, 0.6) is 5.75 Å². The van der Waals surface area contributed by atoms with Gasteiger partial charge < -0.3 is 4.74 Å². The Labute approximate surface area is 147 Å². The summed E-state index contributed by atoms with van der Waals surface area (Å²) in [5.41, 5.74) is 2.98. The van der Waals surface area contributed by atoms with Gasteiger partial charge in [-0.25, -0.2) is 0 Å². The second-order valence-electron chi connectivity index (χ2n) is 6.42. The highest BCUT2D eigenvalue weighted by Crippen LogP contribution is 2.37. The summed E-state index contributed by atoms with van der Waals surface area (Å²) in [7, 11) is 3.69. The lowest BCUT2D eigenvalue weighted by atomic mass is 10.1. The molecule has 0 N–H and O–H groups in total. The Hall–Kier alpha value is -2.85. The second-order valence-corrected chi connectivity index (χ2v) is 6.42. The molecule has 4 heteroatoms. The highest BCUT2D eigenvalue weighted by molar-refractivity contribution is 6.24. The molecule has 0 saturated heterocycles. The van der Waals surface area contributed by atoms with Crippen LogP contribution in [0.1, 0.15) is 15.9 Å². The van der Waals surface area contributed by atoms with Gasteiger partial charge in [0.15, 0.2) is 0 Å². The maximum absolute atomic E-state index is 12.8. The average molecular weight is 332 g/mol. The van der Waals surface area contributed by atoms with Crippen molar-refractivity contribution in [2.24, 2.45) is 0 Å². The number of carbonyl (C=O) groups is 1. The van der Waals surface area contributed by atoms with E-state index in [0.717, 1.165) is 34.3 Å². The minimum absolute atomic E-state index is 0.0772. The third-order valence-electron chi connectivity index (χ3n) is 4.64. The molecule has 4 nitrogen and oxygen atoms in total. The summed E-state index contributed by atoms with van der Waals surface area (Å²) in [4.78, 5) is 16.8. The fourth-order valence-electron chi connectivity index (χ4n) is 3.45. The third-order valence-corrected chi connectivity index (χ3v) is 4.64. The van der Waals surface area contributed by atoms with Gasteiger partial charge >= 0.3 is 0 Å². The van der Waals surface area contributed by atoms with E-state index in [9.17, 15) is 4.79 Å². The Morgan fingerprint density at radius 1 is 1.00 bits per heavy atom. The first-order valence-corrected chi connectivity index (χ1v) is 8.32. The molecule has 126 valence electrons. The second kappa shape index (κ2) is 6.22. The van der Waals surface area contributed by atoms with Gasteiger partial charge in [-0.1, -0.05) is 36.4 Å². The molecule has 25 heavy (non-hydrogen) atoms. The number of ether oxygens (including phenoxy) is 1. The van der Waals surface area contributed by atoms with Gasteiger partial charge in [-0.15, -0.1) is 0 Å². The molecule has 0 aliphatic carbocycles. The van der Waals surface area contributed by atoms with Crippen molar-refractivity contribution >= 4 is 22.4 Å². The number of hydrogen-bond acceptors (Lipinski definition) is 3. The summed E-state index contributed by atoms with van der Waals surface area (Å²) in [6.07, 6.45) is 0.